The van der Waals surface area contributed by atoms with E-state index in [2.05, 4.69) is 15.5 Å². The third-order valence-corrected chi connectivity index (χ3v) is 4.73. The van der Waals surface area contributed by atoms with Crippen LogP contribution in [0.1, 0.15) is 18.0 Å². The summed E-state index contributed by atoms with van der Waals surface area (Å²) in [6.07, 6.45) is 1.92. The largest absolute Gasteiger partial charge is 0.467 e. The van der Waals surface area contributed by atoms with Gasteiger partial charge >= 0.3 is 0 Å². The minimum absolute atomic E-state index is 0.0206. The number of aromatic nitrogens is 3. The number of aryl methyl sites for hydroxylation is 1. The maximum Gasteiger partial charge on any atom is 0.234 e. The predicted molar refractivity (Wildman–Crippen MR) is 101 cm³/mol. The molecule has 0 aliphatic carbocycles. The number of hydrogen-bond donors (Lipinski definition) is 2. The Balaban J connectivity index is 1.68. The Kier molecular flexibility index (Phi) is 6.60. The normalized spacial score (nSPS) is 10.8. The van der Waals surface area contributed by atoms with Crippen molar-refractivity contribution >= 4 is 29.3 Å². The van der Waals surface area contributed by atoms with E-state index in [1.54, 1.807) is 16.7 Å². The number of halogens is 2. The van der Waals surface area contributed by atoms with Gasteiger partial charge in [0.1, 0.15) is 23.2 Å². The minimum atomic E-state index is -0.787. The van der Waals surface area contributed by atoms with Crippen LogP contribution in [0.25, 0.3) is 0 Å². The second kappa shape index (κ2) is 9.32. The van der Waals surface area contributed by atoms with Gasteiger partial charge in [0.25, 0.3) is 0 Å². The van der Waals surface area contributed by atoms with Crippen molar-refractivity contribution in [3.05, 3.63) is 59.8 Å². The first-order valence-electron chi connectivity index (χ1n) is 8.52. The van der Waals surface area contributed by atoms with E-state index in [4.69, 9.17) is 10.2 Å². The summed E-state index contributed by atoms with van der Waals surface area (Å²) in [7, 11) is 0. The molecule has 2 heterocycles. The molecule has 3 rings (SSSR count). The Bertz CT molecular complexity index is 987. The number of amides is 2. The highest BCUT2D eigenvalue weighted by Crippen LogP contribution is 2.21. The third-order valence-electron chi connectivity index (χ3n) is 3.76. The van der Waals surface area contributed by atoms with E-state index in [0.29, 0.717) is 29.7 Å². The van der Waals surface area contributed by atoms with E-state index < -0.39 is 23.4 Å². The van der Waals surface area contributed by atoms with Crippen LogP contribution in [0.4, 0.5) is 14.5 Å². The van der Waals surface area contributed by atoms with Gasteiger partial charge in [0, 0.05) is 24.6 Å². The molecule has 2 aromatic heterocycles. The highest BCUT2D eigenvalue weighted by molar-refractivity contribution is 7.99. The molecule has 0 unspecified atom stereocenters. The summed E-state index contributed by atoms with van der Waals surface area (Å²) in [5, 5.41) is 11.0. The van der Waals surface area contributed by atoms with Gasteiger partial charge in [-0.1, -0.05) is 11.8 Å². The minimum Gasteiger partial charge on any atom is -0.467 e. The Morgan fingerprint density at radius 1 is 1.21 bits per heavy atom. The molecule has 0 atom stereocenters. The number of thioether (sulfide) groups is 1. The smallest absolute Gasteiger partial charge is 0.234 e. The summed E-state index contributed by atoms with van der Waals surface area (Å²) < 4.78 is 33.5. The van der Waals surface area contributed by atoms with E-state index >= 15 is 0 Å². The van der Waals surface area contributed by atoms with Gasteiger partial charge < -0.3 is 15.5 Å². The molecule has 11 heteroatoms. The molecule has 0 spiro atoms. The van der Waals surface area contributed by atoms with Crippen LogP contribution in [0.3, 0.4) is 0 Å². The van der Waals surface area contributed by atoms with Crippen molar-refractivity contribution in [1.29, 1.82) is 0 Å². The molecule has 8 nitrogen and oxygen atoms in total. The first-order valence-corrected chi connectivity index (χ1v) is 9.51. The molecule has 3 N–H and O–H groups in total. The lowest BCUT2D eigenvalue weighted by Crippen LogP contribution is -2.16. The Morgan fingerprint density at radius 3 is 2.62 bits per heavy atom. The number of benzene rings is 1. The molecule has 1 aromatic carbocycles. The Hall–Kier alpha value is -3.21. The number of nitrogens with zero attached hydrogens (tertiary/aromatic N) is 3. The molecule has 152 valence electrons. The van der Waals surface area contributed by atoms with Crippen molar-refractivity contribution in [3.8, 4) is 0 Å². The maximum atomic E-state index is 13.2. The molecule has 0 fully saturated rings. The van der Waals surface area contributed by atoms with Crippen LogP contribution in [0.5, 0.6) is 0 Å². The highest BCUT2D eigenvalue weighted by atomic mass is 32.2. The number of hydrogen-bond acceptors (Lipinski definition) is 6. The number of furan rings is 1. The SMILES string of the molecule is NC(=O)CCc1nnc(SCC(=O)Nc2cc(F)cc(F)c2)n1Cc1ccco1. The van der Waals surface area contributed by atoms with E-state index in [9.17, 15) is 18.4 Å². The zero-order valence-corrected chi connectivity index (χ0v) is 15.9. The summed E-state index contributed by atoms with van der Waals surface area (Å²) in [5.41, 5.74) is 5.22. The van der Waals surface area contributed by atoms with Gasteiger partial charge in [-0.2, -0.15) is 0 Å². The van der Waals surface area contributed by atoms with Gasteiger partial charge in [-0.05, 0) is 24.3 Å². The molecule has 0 aliphatic heterocycles. The van der Waals surface area contributed by atoms with Crippen molar-refractivity contribution < 1.29 is 22.8 Å². The molecule has 3 aromatic rings. The van der Waals surface area contributed by atoms with E-state index in [1.807, 2.05) is 0 Å². The van der Waals surface area contributed by atoms with Gasteiger partial charge in [0.2, 0.25) is 11.8 Å². The molecule has 0 bridgehead atoms. The topological polar surface area (TPSA) is 116 Å². The van der Waals surface area contributed by atoms with E-state index in [0.717, 1.165) is 30.0 Å². The van der Waals surface area contributed by atoms with E-state index in [-0.39, 0.29) is 17.9 Å². The Morgan fingerprint density at radius 2 is 1.97 bits per heavy atom. The second-order valence-electron chi connectivity index (χ2n) is 6.03. The van der Waals surface area contributed by atoms with Crippen LogP contribution in [0, 0.1) is 11.6 Å². The predicted octanol–water partition coefficient (Wildman–Crippen LogP) is 2.35. The number of nitrogens with two attached hydrogens (primary N) is 1. The fourth-order valence-corrected chi connectivity index (χ4v) is 3.27. The van der Waals surface area contributed by atoms with Crippen LogP contribution >= 0.6 is 11.8 Å². The third kappa shape index (κ3) is 5.88. The molecule has 29 heavy (non-hydrogen) atoms. The van der Waals surface area contributed by atoms with Crippen LogP contribution in [0.2, 0.25) is 0 Å². The van der Waals surface area contributed by atoms with Gasteiger partial charge in [-0.15, -0.1) is 10.2 Å². The van der Waals surface area contributed by atoms with Crippen molar-refractivity contribution in [1.82, 2.24) is 14.8 Å². The molecular formula is C18H17F2N5O3S. The zero-order chi connectivity index (χ0) is 20.8. The van der Waals surface area contributed by atoms with Crippen molar-refractivity contribution in [3.63, 3.8) is 0 Å². The first kappa shape index (κ1) is 20.5. The molecule has 0 radical (unpaired) electrons. The van der Waals surface area contributed by atoms with Gasteiger partial charge in [0.05, 0.1) is 18.6 Å². The summed E-state index contributed by atoms with van der Waals surface area (Å²) in [6, 6.07) is 6.27. The number of carbonyl (C=O) groups is 2. The first-order chi connectivity index (χ1) is 13.9. The van der Waals surface area contributed by atoms with Gasteiger partial charge in [-0.3, -0.25) is 14.2 Å². The summed E-state index contributed by atoms with van der Waals surface area (Å²) in [6.45, 7) is 0.313. The van der Waals surface area contributed by atoms with Crippen LogP contribution < -0.4 is 11.1 Å². The number of rotatable bonds is 9. The fourth-order valence-electron chi connectivity index (χ4n) is 2.52. The van der Waals surface area contributed by atoms with Crippen LogP contribution in [0.15, 0.2) is 46.2 Å². The summed E-state index contributed by atoms with van der Waals surface area (Å²) >= 11 is 1.09. The second-order valence-corrected chi connectivity index (χ2v) is 6.97. The van der Waals surface area contributed by atoms with Crippen molar-refractivity contribution in [2.45, 2.75) is 24.5 Å². The lowest BCUT2D eigenvalue weighted by atomic mass is 10.3. The van der Waals surface area contributed by atoms with Crippen LogP contribution in [-0.4, -0.2) is 32.3 Å². The number of carbonyl (C=O) groups excluding carboxylic acids is 2. The molecular weight excluding hydrogens is 404 g/mol. The lowest BCUT2D eigenvalue weighted by Gasteiger charge is -2.09. The van der Waals surface area contributed by atoms with Gasteiger partial charge in [0.15, 0.2) is 5.16 Å². The molecule has 0 saturated carbocycles. The summed E-state index contributed by atoms with van der Waals surface area (Å²) in [4.78, 5) is 23.2. The van der Waals surface area contributed by atoms with Crippen molar-refractivity contribution in [2.75, 3.05) is 11.1 Å². The van der Waals surface area contributed by atoms with Crippen LogP contribution in [-0.2, 0) is 22.6 Å². The van der Waals surface area contributed by atoms with Gasteiger partial charge in [-0.25, -0.2) is 8.78 Å². The maximum absolute atomic E-state index is 13.2. The van der Waals surface area contributed by atoms with E-state index in [1.165, 1.54) is 6.26 Å². The molecule has 0 aliphatic rings. The highest BCUT2D eigenvalue weighted by Gasteiger charge is 2.16. The lowest BCUT2D eigenvalue weighted by molar-refractivity contribution is -0.118. The Labute approximate surface area is 168 Å². The fraction of sp³-hybridized carbons (Fsp3) is 0.222. The standard InChI is InChI=1S/C18H17F2N5O3S/c19-11-6-12(20)8-13(7-11)22-17(27)10-29-18-24-23-16(4-3-15(21)26)25(18)9-14-2-1-5-28-14/h1-2,5-8H,3-4,9-10H2,(H2,21,26)(H,22,27). The zero-order valence-electron chi connectivity index (χ0n) is 15.1. The number of nitrogens with one attached hydrogen (secondary N) is 1. The average molecular weight is 421 g/mol. The van der Waals surface area contributed by atoms with Crippen molar-refractivity contribution in [2.24, 2.45) is 5.73 Å². The molecule has 2 amide bonds. The monoisotopic (exact) mass is 421 g/mol. The average Bonchev–Trinajstić information content (AvgIpc) is 3.28. The summed E-state index contributed by atoms with van der Waals surface area (Å²) in [5.74, 6) is -1.40. The number of primary amides is 1. The quantitative estimate of drug-likeness (QED) is 0.513. The number of anilines is 1. The molecule has 0 saturated heterocycles.